The monoisotopic (exact) mass is 250 g/mol. The van der Waals surface area contributed by atoms with Gasteiger partial charge < -0.3 is 5.32 Å². The molecule has 0 spiro atoms. The van der Waals surface area contributed by atoms with Gasteiger partial charge in [-0.25, -0.2) is 0 Å². The Bertz CT molecular complexity index is 300. The second-order valence-electron chi connectivity index (χ2n) is 6.39. The molecule has 0 radical (unpaired) electrons. The van der Waals surface area contributed by atoms with Crippen LogP contribution < -0.4 is 5.32 Å². The summed E-state index contributed by atoms with van der Waals surface area (Å²) < 4.78 is 0. The summed E-state index contributed by atoms with van der Waals surface area (Å²) in [6, 6.07) is 0.466. The number of carbonyl (C=O) groups is 1. The molecule has 1 amide bonds. The van der Waals surface area contributed by atoms with Crippen molar-refractivity contribution in [2.75, 3.05) is 13.1 Å². The maximum atomic E-state index is 12.5. The Balaban J connectivity index is 1.57. The summed E-state index contributed by atoms with van der Waals surface area (Å²) in [5.74, 6) is 0.344. The van der Waals surface area contributed by atoms with Crippen molar-refractivity contribution in [1.29, 1.82) is 0 Å². The minimum absolute atomic E-state index is 0.0854. The number of piperidine rings is 1. The molecule has 0 aromatic heterocycles. The lowest BCUT2D eigenvalue weighted by molar-refractivity contribution is -0.129. The van der Waals surface area contributed by atoms with Crippen molar-refractivity contribution in [3.8, 4) is 0 Å². The fraction of sp³-hybridized carbons (Fsp3) is 0.933. The summed E-state index contributed by atoms with van der Waals surface area (Å²) in [4.78, 5) is 15.0. The molecule has 18 heavy (non-hydrogen) atoms. The first-order valence-electron chi connectivity index (χ1n) is 7.87. The van der Waals surface area contributed by atoms with Gasteiger partial charge in [-0.15, -0.1) is 0 Å². The molecule has 1 heterocycles. The molecule has 2 saturated carbocycles. The normalized spacial score (nSPS) is 28.9. The summed E-state index contributed by atoms with van der Waals surface area (Å²) in [6.07, 6.45) is 12.4. The molecule has 1 N–H and O–H groups in total. The SMILES string of the molecule is O=C(NC1CCCCC1)C1(N2CCCCC2)CC1. The van der Waals surface area contributed by atoms with Gasteiger partial charge in [0.2, 0.25) is 5.91 Å². The van der Waals surface area contributed by atoms with Crippen molar-refractivity contribution in [2.24, 2.45) is 0 Å². The third-order valence-electron chi connectivity index (χ3n) is 5.05. The zero-order valence-corrected chi connectivity index (χ0v) is 11.4. The minimum atomic E-state index is -0.0854. The number of likely N-dealkylation sites (tertiary alicyclic amines) is 1. The second-order valence-corrected chi connectivity index (χ2v) is 6.39. The van der Waals surface area contributed by atoms with Crippen molar-refractivity contribution < 1.29 is 4.79 Å². The van der Waals surface area contributed by atoms with Gasteiger partial charge in [0.05, 0.1) is 0 Å². The second kappa shape index (κ2) is 5.20. The predicted molar refractivity (Wildman–Crippen MR) is 72.4 cm³/mol. The van der Waals surface area contributed by atoms with Crippen LogP contribution in [-0.2, 0) is 4.79 Å². The summed E-state index contributed by atoms with van der Waals surface area (Å²) in [7, 11) is 0. The fourth-order valence-corrected chi connectivity index (χ4v) is 3.69. The number of amides is 1. The highest BCUT2D eigenvalue weighted by molar-refractivity contribution is 5.89. The van der Waals surface area contributed by atoms with Crippen LogP contribution in [0.3, 0.4) is 0 Å². The van der Waals surface area contributed by atoms with Crippen LogP contribution in [0.4, 0.5) is 0 Å². The van der Waals surface area contributed by atoms with Crippen LogP contribution in [-0.4, -0.2) is 35.5 Å². The highest BCUT2D eigenvalue weighted by Crippen LogP contribution is 2.43. The molecule has 3 nitrogen and oxygen atoms in total. The number of nitrogens with zero attached hydrogens (tertiary/aromatic N) is 1. The first kappa shape index (κ1) is 12.5. The molecule has 0 aromatic rings. The average molecular weight is 250 g/mol. The van der Waals surface area contributed by atoms with E-state index in [0.29, 0.717) is 11.9 Å². The Morgan fingerprint density at radius 2 is 1.56 bits per heavy atom. The summed E-state index contributed by atoms with van der Waals surface area (Å²) in [6.45, 7) is 2.27. The van der Waals surface area contributed by atoms with Gasteiger partial charge in [-0.1, -0.05) is 25.7 Å². The van der Waals surface area contributed by atoms with Crippen molar-refractivity contribution in [3.63, 3.8) is 0 Å². The number of nitrogens with one attached hydrogen (secondary N) is 1. The van der Waals surface area contributed by atoms with Crippen LogP contribution in [0, 0.1) is 0 Å². The van der Waals surface area contributed by atoms with Gasteiger partial charge in [-0.2, -0.15) is 0 Å². The zero-order valence-electron chi connectivity index (χ0n) is 11.4. The standard InChI is InChI=1S/C15H26N2O/c18-14(16-13-7-3-1-4-8-13)15(9-10-15)17-11-5-2-6-12-17/h13H,1-12H2,(H,16,18). The van der Waals surface area contributed by atoms with E-state index in [1.54, 1.807) is 0 Å². The van der Waals surface area contributed by atoms with Crippen LogP contribution in [0.5, 0.6) is 0 Å². The molecular weight excluding hydrogens is 224 g/mol. The molecular formula is C15H26N2O. The maximum Gasteiger partial charge on any atom is 0.240 e. The quantitative estimate of drug-likeness (QED) is 0.834. The lowest BCUT2D eigenvalue weighted by Crippen LogP contribution is -2.53. The van der Waals surface area contributed by atoms with E-state index in [9.17, 15) is 4.79 Å². The van der Waals surface area contributed by atoms with E-state index >= 15 is 0 Å². The van der Waals surface area contributed by atoms with Crippen LogP contribution in [0.1, 0.15) is 64.2 Å². The van der Waals surface area contributed by atoms with Gasteiger partial charge >= 0.3 is 0 Å². The van der Waals surface area contributed by atoms with Gasteiger partial charge in [0.25, 0.3) is 0 Å². The lowest BCUT2D eigenvalue weighted by atomic mass is 9.95. The number of hydrogen-bond acceptors (Lipinski definition) is 2. The molecule has 0 aromatic carbocycles. The molecule has 102 valence electrons. The van der Waals surface area contributed by atoms with Crippen molar-refractivity contribution in [1.82, 2.24) is 10.2 Å². The third kappa shape index (κ3) is 2.42. The minimum Gasteiger partial charge on any atom is -0.352 e. The molecule has 3 rings (SSSR count). The summed E-state index contributed by atoms with van der Waals surface area (Å²) in [5.41, 5.74) is -0.0854. The van der Waals surface area contributed by atoms with E-state index < -0.39 is 0 Å². The number of hydrogen-bond donors (Lipinski definition) is 1. The number of rotatable bonds is 3. The molecule has 2 aliphatic carbocycles. The predicted octanol–water partition coefficient (Wildman–Crippen LogP) is 2.45. The van der Waals surface area contributed by atoms with Gasteiger partial charge in [0.1, 0.15) is 5.54 Å². The molecule has 0 atom stereocenters. The van der Waals surface area contributed by atoms with E-state index in [4.69, 9.17) is 0 Å². The third-order valence-corrected chi connectivity index (χ3v) is 5.05. The molecule has 3 heteroatoms. The maximum absolute atomic E-state index is 12.5. The van der Waals surface area contributed by atoms with Gasteiger partial charge in [-0.05, 0) is 51.6 Å². The highest BCUT2D eigenvalue weighted by atomic mass is 16.2. The molecule has 1 aliphatic heterocycles. The molecule has 1 saturated heterocycles. The fourth-order valence-electron chi connectivity index (χ4n) is 3.69. The Hall–Kier alpha value is -0.570. The molecule has 0 unspecified atom stereocenters. The van der Waals surface area contributed by atoms with Gasteiger partial charge in [0, 0.05) is 6.04 Å². The smallest absolute Gasteiger partial charge is 0.240 e. The Labute approximate surface area is 110 Å². The van der Waals surface area contributed by atoms with Crippen LogP contribution in [0.2, 0.25) is 0 Å². The average Bonchev–Trinajstić information content (AvgIpc) is 3.22. The Morgan fingerprint density at radius 3 is 2.17 bits per heavy atom. The summed E-state index contributed by atoms with van der Waals surface area (Å²) in [5, 5.41) is 3.34. The Kier molecular flexibility index (Phi) is 3.60. The molecule has 3 aliphatic rings. The van der Waals surface area contributed by atoms with Gasteiger partial charge in [0.15, 0.2) is 0 Å². The van der Waals surface area contributed by atoms with E-state index in [2.05, 4.69) is 10.2 Å². The molecule has 3 fully saturated rings. The van der Waals surface area contributed by atoms with Crippen molar-refractivity contribution in [3.05, 3.63) is 0 Å². The topological polar surface area (TPSA) is 32.3 Å². The Morgan fingerprint density at radius 1 is 0.944 bits per heavy atom. The van der Waals surface area contributed by atoms with E-state index in [1.165, 1.54) is 51.4 Å². The first-order chi connectivity index (χ1) is 8.81. The zero-order chi connectivity index (χ0) is 12.4. The lowest BCUT2D eigenvalue weighted by Gasteiger charge is -2.35. The van der Waals surface area contributed by atoms with Crippen LogP contribution in [0.15, 0.2) is 0 Å². The van der Waals surface area contributed by atoms with E-state index in [-0.39, 0.29) is 5.54 Å². The number of carbonyl (C=O) groups excluding carboxylic acids is 1. The summed E-state index contributed by atoms with van der Waals surface area (Å²) >= 11 is 0. The van der Waals surface area contributed by atoms with E-state index in [0.717, 1.165) is 25.9 Å². The molecule has 0 bridgehead atoms. The van der Waals surface area contributed by atoms with Crippen LogP contribution >= 0.6 is 0 Å². The van der Waals surface area contributed by atoms with Crippen molar-refractivity contribution in [2.45, 2.75) is 75.8 Å². The van der Waals surface area contributed by atoms with Crippen molar-refractivity contribution >= 4 is 5.91 Å². The highest BCUT2D eigenvalue weighted by Gasteiger charge is 2.54. The van der Waals surface area contributed by atoms with Gasteiger partial charge in [-0.3, -0.25) is 9.69 Å². The first-order valence-corrected chi connectivity index (χ1v) is 7.87. The largest absolute Gasteiger partial charge is 0.352 e. The van der Waals surface area contributed by atoms with Crippen LogP contribution in [0.25, 0.3) is 0 Å². The van der Waals surface area contributed by atoms with E-state index in [1.807, 2.05) is 0 Å².